The summed E-state index contributed by atoms with van der Waals surface area (Å²) in [6, 6.07) is 10.8. The zero-order valence-corrected chi connectivity index (χ0v) is 15.0. The molecule has 0 aliphatic carbocycles. The third-order valence-corrected chi connectivity index (χ3v) is 3.70. The predicted molar refractivity (Wildman–Crippen MR) is 101 cm³/mol. The van der Waals surface area contributed by atoms with Gasteiger partial charge < -0.3 is 20.1 Å². The Balaban J connectivity index is 1.62. The van der Waals surface area contributed by atoms with Crippen LogP contribution in [-0.2, 0) is 6.54 Å². The Hall–Kier alpha value is -3.68. The summed E-state index contributed by atoms with van der Waals surface area (Å²) in [5.41, 5.74) is 1.65. The van der Waals surface area contributed by atoms with Crippen molar-refractivity contribution in [2.75, 3.05) is 24.9 Å². The largest absolute Gasteiger partial charge is 0.493 e. The summed E-state index contributed by atoms with van der Waals surface area (Å²) in [6.07, 6.45) is 4.65. The summed E-state index contributed by atoms with van der Waals surface area (Å²) in [4.78, 5) is 24.9. The molecule has 1 aromatic carbocycles. The van der Waals surface area contributed by atoms with Crippen molar-refractivity contribution in [2.24, 2.45) is 0 Å². The summed E-state index contributed by atoms with van der Waals surface area (Å²) >= 11 is 0. The van der Waals surface area contributed by atoms with E-state index in [-0.39, 0.29) is 11.6 Å². The Morgan fingerprint density at radius 3 is 2.52 bits per heavy atom. The van der Waals surface area contributed by atoms with Crippen LogP contribution in [0.3, 0.4) is 0 Å². The number of pyridine rings is 1. The van der Waals surface area contributed by atoms with Gasteiger partial charge in [-0.15, -0.1) is 0 Å². The van der Waals surface area contributed by atoms with Gasteiger partial charge in [0, 0.05) is 18.0 Å². The first-order valence-corrected chi connectivity index (χ1v) is 8.19. The third-order valence-electron chi connectivity index (χ3n) is 3.70. The van der Waals surface area contributed by atoms with Crippen molar-refractivity contribution in [3.63, 3.8) is 0 Å². The first-order valence-electron chi connectivity index (χ1n) is 8.19. The molecule has 0 aliphatic rings. The molecule has 0 radical (unpaired) electrons. The lowest BCUT2D eigenvalue weighted by Gasteiger charge is -2.10. The SMILES string of the molecule is COc1ccc(NC(=O)c2cnc(NCc3ccccn3)cn2)cc1OC. The fourth-order valence-corrected chi connectivity index (χ4v) is 2.33. The van der Waals surface area contributed by atoms with Crippen LogP contribution in [0.4, 0.5) is 11.5 Å². The van der Waals surface area contributed by atoms with Crippen molar-refractivity contribution in [2.45, 2.75) is 6.54 Å². The van der Waals surface area contributed by atoms with E-state index in [1.54, 1.807) is 31.5 Å². The van der Waals surface area contributed by atoms with Gasteiger partial charge in [0.05, 0.1) is 38.9 Å². The topological polar surface area (TPSA) is 98.3 Å². The van der Waals surface area contributed by atoms with E-state index in [0.29, 0.717) is 29.5 Å². The van der Waals surface area contributed by atoms with Crippen molar-refractivity contribution in [3.05, 3.63) is 66.4 Å². The minimum Gasteiger partial charge on any atom is -0.493 e. The number of benzene rings is 1. The number of nitrogens with one attached hydrogen (secondary N) is 2. The molecule has 1 amide bonds. The molecule has 8 heteroatoms. The number of rotatable bonds is 7. The highest BCUT2D eigenvalue weighted by atomic mass is 16.5. The maximum absolute atomic E-state index is 12.3. The Bertz CT molecular complexity index is 901. The van der Waals surface area contributed by atoms with Crippen molar-refractivity contribution >= 4 is 17.4 Å². The Labute approximate surface area is 156 Å². The number of aromatic nitrogens is 3. The molecule has 3 rings (SSSR count). The molecule has 0 saturated carbocycles. The summed E-state index contributed by atoms with van der Waals surface area (Å²) in [5.74, 6) is 1.29. The first kappa shape index (κ1) is 18.1. The van der Waals surface area contributed by atoms with E-state index in [4.69, 9.17) is 9.47 Å². The maximum Gasteiger partial charge on any atom is 0.275 e. The van der Waals surface area contributed by atoms with Crippen LogP contribution in [0.1, 0.15) is 16.2 Å². The van der Waals surface area contributed by atoms with Crippen molar-refractivity contribution < 1.29 is 14.3 Å². The lowest BCUT2D eigenvalue weighted by atomic mass is 10.2. The molecule has 27 heavy (non-hydrogen) atoms. The predicted octanol–water partition coefficient (Wildman–Crippen LogP) is 2.75. The van der Waals surface area contributed by atoms with E-state index in [2.05, 4.69) is 25.6 Å². The van der Waals surface area contributed by atoms with E-state index in [9.17, 15) is 4.79 Å². The van der Waals surface area contributed by atoms with E-state index in [0.717, 1.165) is 5.69 Å². The highest BCUT2D eigenvalue weighted by molar-refractivity contribution is 6.02. The molecule has 0 unspecified atom stereocenters. The summed E-state index contributed by atoms with van der Waals surface area (Å²) in [6.45, 7) is 0.521. The van der Waals surface area contributed by atoms with Crippen molar-refractivity contribution in [1.82, 2.24) is 15.0 Å². The summed E-state index contributed by atoms with van der Waals surface area (Å²) < 4.78 is 10.4. The third kappa shape index (κ3) is 4.69. The van der Waals surface area contributed by atoms with Gasteiger partial charge >= 0.3 is 0 Å². The molecule has 0 bridgehead atoms. The van der Waals surface area contributed by atoms with Crippen LogP contribution >= 0.6 is 0 Å². The average molecular weight is 365 g/mol. The van der Waals surface area contributed by atoms with Gasteiger partial charge in [-0.05, 0) is 24.3 Å². The lowest BCUT2D eigenvalue weighted by molar-refractivity contribution is 0.102. The van der Waals surface area contributed by atoms with Crippen LogP contribution in [-0.4, -0.2) is 35.1 Å². The van der Waals surface area contributed by atoms with Gasteiger partial charge in [-0.1, -0.05) is 6.07 Å². The van der Waals surface area contributed by atoms with Crippen LogP contribution in [0.15, 0.2) is 55.0 Å². The van der Waals surface area contributed by atoms with Gasteiger partial charge in [-0.3, -0.25) is 9.78 Å². The minimum absolute atomic E-state index is 0.202. The van der Waals surface area contributed by atoms with Crippen LogP contribution in [0, 0.1) is 0 Å². The number of hydrogen-bond donors (Lipinski definition) is 2. The second-order valence-corrected chi connectivity index (χ2v) is 5.49. The number of carbonyl (C=O) groups excluding carboxylic acids is 1. The molecule has 138 valence electrons. The Kier molecular flexibility index (Phi) is 5.78. The number of hydrogen-bond acceptors (Lipinski definition) is 7. The van der Waals surface area contributed by atoms with E-state index >= 15 is 0 Å². The number of anilines is 2. The van der Waals surface area contributed by atoms with Crippen LogP contribution in [0.25, 0.3) is 0 Å². The monoisotopic (exact) mass is 365 g/mol. The number of ether oxygens (including phenoxy) is 2. The molecule has 0 spiro atoms. The Morgan fingerprint density at radius 2 is 1.85 bits per heavy atom. The molecular weight excluding hydrogens is 346 g/mol. The molecule has 0 fully saturated rings. The second kappa shape index (κ2) is 8.61. The number of amides is 1. The molecule has 2 aromatic heterocycles. The molecule has 2 heterocycles. The second-order valence-electron chi connectivity index (χ2n) is 5.49. The molecule has 0 atom stereocenters. The maximum atomic E-state index is 12.3. The van der Waals surface area contributed by atoms with Crippen LogP contribution < -0.4 is 20.1 Å². The van der Waals surface area contributed by atoms with Gasteiger partial charge in [0.15, 0.2) is 11.5 Å². The van der Waals surface area contributed by atoms with Crippen LogP contribution in [0.5, 0.6) is 11.5 Å². The van der Waals surface area contributed by atoms with E-state index < -0.39 is 0 Å². The fraction of sp³-hybridized carbons (Fsp3) is 0.158. The molecule has 3 aromatic rings. The summed E-state index contributed by atoms with van der Waals surface area (Å²) in [7, 11) is 3.08. The van der Waals surface area contributed by atoms with Crippen molar-refractivity contribution in [3.8, 4) is 11.5 Å². The normalized spacial score (nSPS) is 10.1. The van der Waals surface area contributed by atoms with E-state index in [1.165, 1.54) is 19.5 Å². The Morgan fingerprint density at radius 1 is 1.00 bits per heavy atom. The molecule has 0 saturated heterocycles. The highest BCUT2D eigenvalue weighted by Crippen LogP contribution is 2.29. The number of carbonyl (C=O) groups is 1. The van der Waals surface area contributed by atoms with Gasteiger partial charge in [0.25, 0.3) is 5.91 Å². The highest BCUT2D eigenvalue weighted by Gasteiger charge is 2.11. The van der Waals surface area contributed by atoms with Gasteiger partial charge in [-0.2, -0.15) is 0 Å². The van der Waals surface area contributed by atoms with Gasteiger partial charge in [-0.25, -0.2) is 9.97 Å². The minimum atomic E-state index is -0.369. The first-order chi connectivity index (χ1) is 13.2. The van der Waals surface area contributed by atoms with E-state index in [1.807, 2.05) is 18.2 Å². The zero-order chi connectivity index (χ0) is 19.1. The fourth-order valence-electron chi connectivity index (χ4n) is 2.33. The average Bonchev–Trinajstić information content (AvgIpc) is 2.73. The molecular formula is C19H19N5O3. The van der Waals surface area contributed by atoms with Crippen molar-refractivity contribution in [1.29, 1.82) is 0 Å². The quantitative estimate of drug-likeness (QED) is 0.664. The smallest absolute Gasteiger partial charge is 0.275 e. The number of methoxy groups -OCH3 is 2. The molecule has 0 aliphatic heterocycles. The van der Waals surface area contributed by atoms with Gasteiger partial charge in [0.1, 0.15) is 11.5 Å². The standard InChI is InChI=1S/C19H19N5O3/c1-26-16-7-6-13(9-17(16)27-2)24-19(25)15-11-23-18(12-21-15)22-10-14-5-3-4-8-20-14/h3-9,11-12H,10H2,1-2H3,(H,22,23)(H,24,25). The van der Waals surface area contributed by atoms with Gasteiger partial charge in [0.2, 0.25) is 0 Å². The molecule has 8 nitrogen and oxygen atoms in total. The lowest BCUT2D eigenvalue weighted by Crippen LogP contribution is -2.14. The van der Waals surface area contributed by atoms with Crippen LogP contribution in [0.2, 0.25) is 0 Å². The number of nitrogens with zero attached hydrogens (tertiary/aromatic N) is 3. The zero-order valence-electron chi connectivity index (χ0n) is 15.0. The summed E-state index contributed by atoms with van der Waals surface area (Å²) in [5, 5.41) is 5.86. The molecule has 2 N–H and O–H groups in total.